The Bertz CT molecular complexity index is 424. The minimum Gasteiger partial charge on any atom is -0.362 e. The normalized spacial score (nSPS) is 12.4. The fourth-order valence-electron chi connectivity index (χ4n) is 1.17. The van der Waals surface area contributed by atoms with E-state index in [0.29, 0.717) is 5.56 Å². The van der Waals surface area contributed by atoms with E-state index in [-0.39, 0.29) is 5.84 Å². The topological polar surface area (TPSA) is 32.7 Å². The van der Waals surface area contributed by atoms with Crippen LogP contribution >= 0.6 is 0 Å². The summed E-state index contributed by atoms with van der Waals surface area (Å²) in [5, 5.41) is 0. The molecule has 0 aliphatic rings. The lowest BCUT2D eigenvalue weighted by atomic mass is 10.2. The Morgan fingerprint density at radius 1 is 1.18 bits per heavy atom. The fourth-order valence-corrected chi connectivity index (χ4v) is 1.17. The van der Waals surface area contributed by atoms with Crippen LogP contribution in [0.5, 0.6) is 0 Å². The minimum absolute atomic E-state index is 0.0204. The van der Waals surface area contributed by atoms with Crippen LogP contribution in [-0.4, -0.2) is 36.9 Å². The highest BCUT2D eigenvalue weighted by Crippen LogP contribution is 2.17. The molecule has 0 aliphatic carbocycles. The van der Waals surface area contributed by atoms with Crippen molar-refractivity contribution < 1.29 is 18.0 Å². The van der Waals surface area contributed by atoms with Gasteiger partial charge in [-0.2, -0.15) is 18.2 Å². The summed E-state index contributed by atoms with van der Waals surface area (Å²) in [5.74, 6) is -2.13. The standard InChI is InChI=1S/C11H11F3N2O/c1-16(2)9(8-6-4-3-5-7-8)15-10(17)11(12,13)14/h3-7H,1-2H3. The van der Waals surface area contributed by atoms with Gasteiger partial charge in [0.1, 0.15) is 5.84 Å². The number of amides is 1. The molecule has 3 nitrogen and oxygen atoms in total. The van der Waals surface area contributed by atoms with Gasteiger partial charge in [0, 0.05) is 19.7 Å². The maximum atomic E-state index is 12.1. The van der Waals surface area contributed by atoms with Crippen molar-refractivity contribution in [3.8, 4) is 0 Å². The second-order valence-electron chi connectivity index (χ2n) is 3.50. The summed E-state index contributed by atoms with van der Waals surface area (Å²) in [6.45, 7) is 0. The quantitative estimate of drug-likeness (QED) is 0.559. The Kier molecular flexibility index (Phi) is 3.88. The van der Waals surface area contributed by atoms with E-state index < -0.39 is 12.1 Å². The molecule has 1 amide bonds. The molecule has 0 bridgehead atoms. The summed E-state index contributed by atoms with van der Waals surface area (Å²) in [4.78, 5) is 15.3. The Hall–Kier alpha value is -1.85. The number of hydrogen-bond acceptors (Lipinski definition) is 1. The first-order valence-electron chi connectivity index (χ1n) is 4.75. The van der Waals surface area contributed by atoms with Crippen molar-refractivity contribution in [2.24, 2.45) is 4.99 Å². The van der Waals surface area contributed by atoms with Crippen LogP contribution in [0.1, 0.15) is 5.56 Å². The van der Waals surface area contributed by atoms with E-state index in [2.05, 4.69) is 4.99 Å². The van der Waals surface area contributed by atoms with Gasteiger partial charge in [-0.1, -0.05) is 30.3 Å². The van der Waals surface area contributed by atoms with Gasteiger partial charge in [0.05, 0.1) is 0 Å². The van der Waals surface area contributed by atoms with Crippen molar-refractivity contribution >= 4 is 11.7 Å². The average molecular weight is 244 g/mol. The summed E-state index contributed by atoms with van der Waals surface area (Å²) in [6, 6.07) is 8.21. The zero-order valence-electron chi connectivity index (χ0n) is 9.32. The summed E-state index contributed by atoms with van der Waals surface area (Å²) in [5.41, 5.74) is 0.454. The maximum Gasteiger partial charge on any atom is 0.473 e. The lowest BCUT2D eigenvalue weighted by molar-refractivity contribution is -0.169. The van der Waals surface area contributed by atoms with Crippen molar-refractivity contribution in [1.82, 2.24) is 4.90 Å². The fraction of sp³-hybridized carbons (Fsp3) is 0.273. The third-order valence-corrected chi connectivity index (χ3v) is 1.91. The molecule has 0 saturated heterocycles. The predicted molar refractivity (Wildman–Crippen MR) is 57.7 cm³/mol. The molecule has 0 atom stereocenters. The van der Waals surface area contributed by atoms with Crippen LogP contribution in [-0.2, 0) is 4.79 Å². The van der Waals surface area contributed by atoms with E-state index in [1.165, 1.54) is 19.0 Å². The first kappa shape index (κ1) is 13.2. The van der Waals surface area contributed by atoms with Crippen LogP contribution in [0.4, 0.5) is 13.2 Å². The molecule has 17 heavy (non-hydrogen) atoms. The van der Waals surface area contributed by atoms with Crippen molar-refractivity contribution in [2.75, 3.05) is 14.1 Å². The summed E-state index contributed by atoms with van der Waals surface area (Å²) in [6.07, 6.45) is -4.95. The number of aliphatic imine (C=N–C) groups is 1. The second-order valence-corrected chi connectivity index (χ2v) is 3.50. The lowest BCUT2D eigenvalue weighted by Crippen LogP contribution is -2.28. The number of alkyl halides is 3. The summed E-state index contributed by atoms with van der Waals surface area (Å²) < 4.78 is 36.3. The van der Waals surface area contributed by atoms with Crippen molar-refractivity contribution in [1.29, 1.82) is 0 Å². The smallest absolute Gasteiger partial charge is 0.362 e. The van der Waals surface area contributed by atoms with Crippen LogP contribution < -0.4 is 0 Å². The molecule has 0 radical (unpaired) electrons. The molecule has 6 heteroatoms. The third-order valence-electron chi connectivity index (χ3n) is 1.91. The SMILES string of the molecule is CN(C)C(=NC(=O)C(F)(F)F)c1ccccc1. The molecule has 0 heterocycles. The summed E-state index contributed by atoms with van der Waals surface area (Å²) in [7, 11) is 3.05. The van der Waals surface area contributed by atoms with Gasteiger partial charge in [-0.05, 0) is 0 Å². The second kappa shape index (κ2) is 4.99. The number of benzene rings is 1. The molecule has 0 N–H and O–H groups in total. The highest BCUT2D eigenvalue weighted by atomic mass is 19.4. The molecular formula is C11H11F3N2O. The van der Waals surface area contributed by atoms with Gasteiger partial charge in [0.25, 0.3) is 0 Å². The molecule has 0 unspecified atom stereocenters. The van der Waals surface area contributed by atoms with Gasteiger partial charge in [-0.25, -0.2) is 0 Å². The number of hydrogen-bond donors (Lipinski definition) is 0. The molecule has 0 fully saturated rings. The highest BCUT2D eigenvalue weighted by molar-refractivity contribution is 6.05. The number of rotatable bonds is 1. The van der Waals surface area contributed by atoms with Crippen LogP contribution in [0.3, 0.4) is 0 Å². The average Bonchev–Trinajstić information content (AvgIpc) is 2.25. The largest absolute Gasteiger partial charge is 0.473 e. The van der Waals surface area contributed by atoms with E-state index in [1.807, 2.05) is 0 Å². The van der Waals surface area contributed by atoms with Crippen LogP contribution in [0.25, 0.3) is 0 Å². The van der Waals surface area contributed by atoms with Gasteiger partial charge in [-0.15, -0.1) is 0 Å². The minimum atomic E-state index is -4.95. The van der Waals surface area contributed by atoms with Gasteiger partial charge < -0.3 is 4.90 Å². The Labute approximate surface area is 96.6 Å². The summed E-state index contributed by atoms with van der Waals surface area (Å²) >= 11 is 0. The van der Waals surface area contributed by atoms with Gasteiger partial charge >= 0.3 is 12.1 Å². The number of carbonyl (C=O) groups is 1. The molecule has 92 valence electrons. The van der Waals surface area contributed by atoms with Gasteiger partial charge in [0.2, 0.25) is 0 Å². The maximum absolute atomic E-state index is 12.1. The van der Waals surface area contributed by atoms with Crippen molar-refractivity contribution in [3.63, 3.8) is 0 Å². The first-order chi connectivity index (χ1) is 7.82. The molecule has 1 aromatic rings. The van der Waals surface area contributed by atoms with Gasteiger partial charge in [0.15, 0.2) is 0 Å². The van der Waals surface area contributed by atoms with Gasteiger partial charge in [-0.3, -0.25) is 4.79 Å². The molecule has 0 aromatic heterocycles. The predicted octanol–water partition coefficient (Wildman–Crippen LogP) is 2.08. The van der Waals surface area contributed by atoms with E-state index in [9.17, 15) is 18.0 Å². The molecule has 1 aromatic carbocycles. The zero-order chi connectivity index (χ0) is 13.1. The van der Waals surface area contributed by atoms with Crippen LogP contribution in [0.2, 0.25) is 0 Å². The van der Waals surface area contributed by atoms with E-state index in [0.717, 1.165) is 0 Å². The number of carbonyl (C=O) groups excluding carboxylic acids is 1. The molecule has 1 rings (SSSR count). The zero-order valence-corrected chi connectivity index (χ0v) is 9.32. The Morgan fingerprint density at radius 2 is 1.71 bits per heavy atom. The van der Waals surface area contributed by atoms with E-state index in [1.54, 1.807) is 30.3 Å². The monoisotopic (exact) mass is 244 g/mol. The van der Waals surface area contributed by atoms with Crippen molar-refractivity contribution in [3.05, 3.63) is 35.9 Å². The molecule has 0 saturated carbocycles. The van der Waals surface area contributed by atoms with E-state index >= 15 is 0 Å². The third kappa shape index (κ3) is 3.58. The molecule has 0 spiro atoms. The van der Waals surface area contributed by atoms with E-state index in [4.69, 9.17) is 0 Å². The van der Waals surface area contributed by atoms with Crippen LogP contribution in [0.15, 0.2) is 35.3 Å². The Morgan fingerprint density at radius 3 is 2.12 bits per heavy atom. The number of amidine groups is 1. The van der Waals surface area contributed by atoms with Crippen molar-refractivity contribution in [2.45, 2.75) is 6.18 Å². The molecular weight excluding hydrogens is 233 g/mol. The highest BCUT2D eigenvalue weighted by Gasteiger charge is 2.39. The van der Waals surface area contributed by atoms with Crippen LogP contribution in [0, 0.1) is 0 Å². The first-order valence-corrected chi connectivity index (χ1v) is 4.75. The molecule has 0 aliphatic heterocycles. The number of nitrogens with zero attached hydrogens (tertiary/aromatic N) is 2. The number of halogens is 3. The Balaban J connectivity index is 3.12. The lowest BCUT2D eigenvalue weighted by Gasteiger charge is -2.15.